The van der Waals surface area contributed by atoms with Crippen molar-refractivity contribution in [2.45, 2.75) is 341 Å². The van der Waals surface area contributed by atoms with Gasteiger partial charge < -0.3 is 33.3 Å². The Bertz CT molecular complexity index is 7250. The molecule has 2 aliphatic carbocycles. The molecule has 2 heterocycles. The third-order valence-corrected chi connectivity index (χ3v) is 28.8. The highest BCUT2D eigenvalue weighted by atomic mass is 16.3. The Kier molecular flexibility index (Phi) is 30.8. The molecule has 144 heavy (non-hydrogen) atoms. The molecule has 2 unspecified atom stereocenters. The molecule has 0 aliphatic heterocycles. The molecule has 0 saturated carbocycles. The second kappa shape index (κ2) is 41.3. The number of benzene rings is 14. The second-order valence-corrected chi connectivity index (χ2v) is 51.1. The molecule has 0 radical (unpaired) electrons. The van der Waals surface area contributed by atoms with Gasteiger partial charge in [0.05, 0.1) is 0 Å². The van der Waals surface area contributed by atoms with E-state index in [0.717, 1.165) is 22.3 Å². The number of fused-ring (bicyclic) bond motifs is 11. The maximum absolute atomic E-state index is 6.21. The molecule has 18 rings (SSSR count). The highest BCUT2D eigenvalue weighted by Gasteiger charge is 2.54. The van der Waals surface area contributed by atoms with Gasteiger partial charge in [-0.25, -0.2) is 0 Å². The van der Waals surface area contributed by atoms with Gasteiger partial charge in [0, 0.05) is 141 Å². The van der Waals surface area contributed by atoms with Crippen LogP contribution in [0.15, 0.2) is 330 Å². The minimum absolute atomic E-state index is 0.00327. The number of hydrogen-bond donors (Lipinski definition) is 0. The van der Waals surface area contributed by atoms with Gasteiger partial charge in [-0.3, -0.25) is 0 Å². The fraction of sp³-hybridized carbons (Fsp3) is 0.387. The van der Waals surface area contributed by atoms with E-state index in [1.54, 1.807) is 0 Å². The minimum atomic E-state index is -0.0172. The Hall–Kier alpha value is -12.3. The molecule has 7 nitrogen and oxygen atoms in total. The molecule has 14 aromatic carbocycles. The zero-order chi connectivity index (χ0) is 105. The Morgan fingerprint density at radius 2 is 0.611 bits per heavy atom. The number of furan rings is 2. The molecule has 2 aromatic heterocycles. The van der Waals surface area contributed by atoms with E-state index in [1.165, 1.54) is 155 Å². The SMILES string of the molecule is CC(C)N(c1c(-c2ccc3oc4ccccc4c3c2)cccc1C(C)(C)C)C(C)(C)C.CC(C)N(c1c(-c2cccc3ccccc23)cccc1C(C)(C)C)C(C)(C)C.CC(C)N(c1c(-c2cccc3oc4ccccc4c23)cccc1C(C)(C)C)C(C)(C)C.CC(C)N(c1ccccc1-c1cccc2ccccc12)C(C)(C)C.CC1(C)c2ccccc2C2C(c3ccccc3)=CC=C(N(C(C)(C)C)C(C)(C)C)C21. The van der Waals surface area contributed by atoms with Gasteiger partial charge in [0.15, 0.2) is 0 Å². The van der Waals surface area contributed by atoms with Crippen LogP contribution in [0.1, 0.15) is 295 Å². The summed E-state index contributed by atoms with van der Waals surface area (Å²) in [7, 11) is 0. The van der Waals surface area contributed by atoms with Crippen LogP contribution in [0.4, 0.5) is 22.7 Å². The fourth-order valence-electron chi connectivity index (χ4n) is 24.4. The maximum Gasteiger partial charge on any atom is 0.136 e. The van der Waals surface area contributed by atoms with Crippen LogP contribution in [0.25, 0.3) is 116 Å². The van der Waals surface area contributed by atoms with E-state index >= 15 is 0 Å². The molecular weight excluding hydrogens is 1750 g/mol. The van der Waals surface area contributed by atoms with Crippen molar-refractivity contribution >= 4 is 93.7 Å². The normalized spacial score (nSPS) is 14.7. The first-order valence-electron chi connectivity index (χ1n) is 53.2. The molecule has 0 N–H and O–H groups in total. The number of para-hydroxylation sites is 6. The third kappa shape index (κ3) is 22.4. The average molecular weight is 1920 g/mol. The first kappa shape index (κ1) is 107. The zero-order valence-corrected chi connectivity index (χ0v) is 94.5. The van der Waals surface area contributed by atoms with Crippen molar-refractivity contribution < 1.29 is 8.83 Å². The number of anilines is 4. The molecule has 7 heteroatoms. The molecule has 16 aromatic rings. The summed E-state index contributed by atoms with van der Waals surface area (Å²) < 4.78 is 12.3. The number of nitrogens with zero attached hydrogens (tertiary/aromatic N) is 5. The molecule has 754 valence electrons. The van der Waals surface area contributed by atoms with Crippen molar-refractivity contribution in [2.24, 2.45) is 5.92 Å². The van der Waals surface area contributed by atoms with Gasteiger partial charge in [0.2, 0.25) is 0 Å². The van der Waals surface area contributed by atoms with Crippen molar-refractivity contribution in [1.82, 2.24) is 4.90 Å². The van der Waals surface area contributed by atoms with Gasteiger partial charge in [-0.15, -0.1) is 0 Å². The number of allylic oxidation sites excluding steroid dienone is 4. The number of rotatable bonds is 14. The molecular formula is C137H169N5O2. The lowest BCUT2D eigenvalue weighted by Gasteiger charge is -2.53. The lowest BCUT2D eigenvalue weighted by Crippen LogP contribution is -2.54. The Balaban J connectivity index is 0.000000143. The molecule has 2 atom stereocenters. The minimum Gasteiger partial charge on any atom is -0.456 e. The summed E-state index contributed by atoms with van der Waals surface area (Å²) >= 11 is 0. The van der Waals surface area contributed by atoms with Crippen molar-refractivity contribution in [2.75, 3.05) is 19.6 Å². The Morgan fingerprint density at radius 1 is 0.264 bits per heavy atom. The Morgan fingerprint density at radius 3 is 1.09 bits per heavy atom. The van der Waals surface area contributed by atoms with Gasteiger partial charge in [-0.2, -0.15) is 0 Å². The smallest absolute Gasteiger partial charge is 0.136 e. The quantitative estimate of drug-likeness (QED) is 0.107. The third-order valence-electron chi connectivity index (χ3n) is 28.8. The van der Waals surface area contributed by atoms with Crippen LogP contribution < -0.4 is 19.6 Å². The highest BCUT2D eigenvalue weighted by Crippen LogP contribution is 2.62. The maximum atomic E-state index is 6.21. The molecule has 0 saturated heterocycles. The molecule has 0 fully saturated rings. The van der Waals surface area contributed by atoms with Gasteiger partial charge in [-0.1, -0.05) is 349 Å². The second-order valence-electron chi connectivity index (χ2n) is 51.1. The van der Waals surface area contributed by atoms with Gasteiger partial charge >= 0.3 is 0 Å². The summed E-state index contributed by atoms with van der Waals surface area (Å²) in [6.07, 6.45) is 4.82. The Labute approximate surface area is 867 Å². The monoisotopic (exact) mass is 1920 g/mol. The predicted octanol–water partition coefficient (Wildman–Crippen LogP) is 39.0. The van der Waals surface area contributed by atoms with Crippen molar-refractivity contribution in [3.8, 4) is 44.5 Å². The van der Waals surface area contributed by atoms with Crippen molar-refractivity contribution in [3.05, 3.63) is 355 Å². The van der Waals surface area contributed by atoms with Crippen LogP contribution in [-0.2, 0) is 21.7 Å². The van der Waals surface area contributed by atoms with Gasteiger partial charge in [0.25, 0.3) is 0 Å². The molecule has 0 bridgehead atoms. The predicted molar refractivity (Wildman–Crippen MR) is 632 cm³/mol. The van der Waals surface area contributed by atoms with Gasteiger partial charge in [0.1, 0.15) is 22.3 Å². The lowest BCUT2D eigenvalue weighted by atomic mass is 9.68. The zero-order valence-electron chi connectivity index (χ0n) is 94.5. The first-order chi connectivity index (χ1) is 67.3. The lowest BCUT2D eigenvalue weighted by molar-refractivity contribution is 0.0559. The van der Waals surface area contributed by atoms with E-state index in [1.807, 2.05) is 18.2 Å². The van der Waals surface area contributed by atoms with Crippen LogP contribution in [0.2, 0.25) is 0 Å². The van der Waals surface area contributed by atoms with E-state index in [9.17, 15) is 0 Å². The summed E-state index contributed by atoms with van der Waals surface area (Å²) in [6.45, 7) is 85.8. The molecule has 0 amide bonds. The topological polar surface area (TPSA) is 42.5 Å². The highest BCUT2D eigenvalue weighted by molar-refractivity contribution is 6.14. The van der Waals surface area contributed by atoms with Crippen molar-refractivity contribution in [1.29, 1.82) is 0 Å². The van der Waals surface area contributed by atoms with E-state index in [0.29, 0.717) is 36.0 Å². The largest absolute Gasteiger partial charge is 0.456 e. The van der Waals surface area contributed by atoms with Crippen molar-refractivity contribution in [3.63, 3.8) is 0 Å². The summed E-state index contributed by atoms with van der Waals surface area (Å²) in [4.78, 5) is 13.0. The van der Waals surface area contributed by atoms with E-state index in [4.69, 9.17) is 8.83 Å². The van der Waals surface area contributed by atoms with E-state index < -0.39 is 0 Å². The summed E-state index contributed by atoms with van der Waals surface area (Å²) in [5.74, 6) is 0.791. The van der Waals surface area contributed by atoms with Crippen LogP contribution in [-0.4, -0.2) is 62.3 Å². The first-order valence-corrected chi connectivity index (χ1v) is 53.2. The number of hydrogen-bond acceptors (Lipinski definition) is 7. The summed E-state index contributed by atoms with van der Waals surface area (Å²) in [5.41, 5.74) is 31.1. The van der Waals surface area contributed by atoms with Crippen LogP contribution in [0.5, 0.6) is 0 Å². The fourth-order valence-corrected chi connectivity index (χ4v) is 24.4. The van der Waals surface area contributed by atoms with Crippen LogP contribution in [0.3, 0.4) is 0 Å². The molecule has 2 aliphatic rings. The standard InChI is InChI=1S/2C29H35NO.C29H37N.C27H35N.C23H27N/c1-19(2)30(29(6,7)8)27-21(15-11-16-23(27)28(3,4)5)20-14-12-18-25-26(20)22-13-9-10-17-24(22)31-25;1-19(2)30(29(6,7)8)27-21(13-11-14-24(27)28(3,4)5)20-16-17-26-23(18-20)22-12-9-10-15-25(22)31-26;1-27(2,3)30(28(4,5)6)24-19-18-21(20-14-10-9-11-15-20)25-22-16-12-13-17-23(22)29(7,8)26(24)25;1-19(2)28(27(6,7)8)25-23(17-12-18-24(25)26(3,4)5)22-16-11-14-20-13-9-10-15-21(20)22;1-17(2)24(23(3,4)5)22-16-9-8-14-21(22)20-15-10-12-18-11-6-7-13-19(18)20/h2*9-19H,1-8H3;9-19,25-26H,1-8H3;9-19H,1-8H3;6-17H,1-5H3. The van der Waals surface area contributed by atoms with E-state index in [-0.39, 0.29) is 54.9 Å². The van der Waals surface area contributed by atoms with Crippen LogP contribution in [0, 0.1) is 5.92 Å². The molecule has 0 spiro atoms. The average Bonchev–Trinajstić information content (AvgIpc) is 1.55. The van der Waals surface area contributed by atoms with E-state index in [2.05, 4.69) is 578 Å². The summed E-state index contributed by atoms with van der Waals surface area (Å²) in [5, 5.41) is 9.92. The van der Waals surface area contributed by atoms with Gasteiger partial charge in [-0.05, 0) is 327 Å². The van der Waals surface area contributed by atoms with Crippen LogP contribution >= 0.6 is 0 Å². The summed E-state index contributed by atoms with van der Waals surface area (Å²) in [6, 6.07) is 111.